The molecule has 0 fully saturated rings. The number of hydrogen-bond donors (Lipinski definition) is 1. The van der Waals surface area contributed by atoms with E-state index in [1.165, 1.54) is 0 Å². The lowest BCUT2D eigenvalue weighted by Crippen LogP contribution is -2.31. The third kappa shape index (κ3) is 2.50. The van der Waals surface area contributed by atoms with Gasteiger partial charge in [0.25, 0.3) is 0 Å². The molecule has 0 saturated carbocycles. The number of nitrogens with two attached hydrogens (primary N) is 1. The van der Waals surface area contributed by atoms with Crippen molar-refractivity contribution in [2.24, 2.45) is 5.73 Å². The van der Waals surface area contributed by atoms with E-state index in [0.29, 0.717) is 6.42 Å². The van der Waals surface area contributed by atoms with Crippen molar-refractivity contribution >= 4 is 11.6 Å². The molecule has 1 aliphatic rings. The number of carbonyl (C=O) groups excluding carboxylic acids is 1. The van der Waals surface area contributed by atoms with Gasteiger partial charge < -0.3 is 10.6 Å². The molecular weight excluding hydrogens is 212 g/mol. The molecule has 1 heterocycles. The van der Waals surface area contributed by atoms with Crippen LogP contribution in [0.1, 0.15) is 44.2 Å². The molecule has 0 bridgehead atoms. The van der Waals surface area contributed by atoms with Gasteiger partial charge in [0.2, 0.25) is 5.91 Å². The molecule has 1 atom stereocenters. The van der Waals surface area contributed by atoms with E-state index in [9.17, 15) is 4.79 Å². The van der Waals surface area contributed by atoms with Gasteiger partial charge in [-0.05, 0) is 30.9 Å². The highest BCUT2D eigenvalue weighted by atomic mass is 16.2. The van der Waals surface area contributed by atoms with Crippen LogP contribution in [-0.4, -0.2) is 12.5 Å². The van der Waals surface area contributed by atoms with Gasteiger partial charge in [-0.2, -0.15) is 0 Å². The normalized spacial score (nSPS) is 19.6. The van der Waals surface area contributed by atoms with E-state index < -0.39 is 0 Å². The first-order valence-corrected chi connectivity index (χ1v) is 6.39. The predicted molar refractivity (Wildman–Crippen MR) is 69.9 cm³/mol. The number of para-hydroxylation sites is 1. The summed E-state index contributed by atoms with van der Waals surface area (Å²) in [7, 11) is 0. The number of benzene rings is 1. The summed E-state index contributed by atoms with van der Waals surface area (Å²) in [6.45, 7) is 2.83. The summed E-state index contributed by atoms with van der Waals surface area (Å²) in [5, 5.41) is 0. The van der Waals surface area contributed by atoms with E-state index in [2.05, 4.69) is 0 Å². The maximum Gasteiger partial charge on any atom is 0.226 e. The summed E-state index contributed by atoms with van der Waals surface area (Å²) in [4.78, 5) is 14.0. The Bertz CT molecular complexity index is 403. The van der Waals surface area contributed by atoms with Gasteiger partial charge in [-0.3, -0.25) is 4.79 Å². The van der Waals surface area contributed by atoms with E-state index in [4.69, 9.17) is 5.73 Å². The fraction of sp³-hybridized carbons (Fsp3) is 0.500. The number of fused-ring (bicyclic) bond motifs is 1. The van der Waals surface area contributed by atoms with Crippen molar-refractivity contribution in [2.45, 2.75) is 38.6 Å². The van der Waals surface area contributed by atoms with E-state index in [-0.39, 0.29) is 11.9 Å². The first kappa shape index (κ1) is 12.1. The van der Waals surface area contributed by atoms with E-state index >= 15 is 0 Å². The number of rotatable bonds is 2. The molecule has 1 unspecified atom stereocenters. The van der Waals surface area contributed by atoms with Crippen LogP contribution < -0.4 is 10.6 Å². The van der Waals surface area contributed by atoms with Gasteiger partial charge in [0.1, 0.15) is 0 Å². The molecule has 0 aliphatic carbocycles. The van der Waals surface area contributed by atoms with Crippen LogP contribution >= 0.6 is 0 Å². The Kier molecular flexibility index (Phi) is 3.79. The summed E-state index contributed by atoms with van der Waals surface area (Å²) in [6, 6.07) is 8.08. The second kappa shape index (κ2) is 5.32. The van der Waals surface area contributed by atoms with Gasteiger partial charge in [-0.1, -0.05) is 25.1 Å². The van der Waals surface area contributed by atoms with Crippen LogP contribution in [-0.2, 0) is 4.79 Å². The van der Waals surface area contributed by atoms with Gasteiger partial charge in [0.15, 0.2) is 0 Å². The molecule has 1 aromatic rings. The monoisotopic (exact) mass is 232 g/mol. The third-order valence-electron chi connectivity index (χ3n) is 3.29. The van der Waals surface area contributed by atoms with E-state index in [0.717, 1.165) is 37.1 Å². The molecule has 1 aliphatic heterocycles. The average Bonchev–Trinajstić information content (AvgIpc) is 2.50. The molecule has 1 amide bonds. The first-order valence-electron chi connectivity index (χ1n) is 6.39. The highest BCUT2D eigenvalue weighted by Gasteiger charge is 2.23. The molecule has 2 rings (SSSR count). The van der Waals surface area contributed by atoms with Crippen LogP contribution in [0.4, 0.5) is 5.69 Å². The second-order valence-electron chi connectivity index (χ2n) is 4.60. The fourth-order valence-corrected chi connectivity index (χ4v) is 2.40. The highest BCUT2D eigenvalue weighted by molar-refractivity contribution is 5.94. The van der Waals surface area contributed by atoms with Crippen molar-refractivity contribution in [1.29, 1.82) is 0 Å². The SMILES string of the molecule is CCCC(=O)N1CCCC(N)c2ccccc21. The number of hydrogen-bond acceptors (Lipinski definition) is 2. The number of anilines is 1. The van der Waals surface area contributed by atoms with Crippen LogP contribution in [0, 0.1) is 0 Å². The zero-order chi connectivity index (χ0) is 12.3. The first-order chi connectivity index (χ1) is 8.24. The molecule has 1 aromatic carbocycles. The fourth-order valence-electron chi connectivity index (χ4n) is 2.40. The Balaban J connectivity index is 2.35. The molecule has 0 saturated heterocycles. The Morgan fingerprint density at radius 3 is 3.00 bits per heavy atom. The topological polar surface area (TPSA) is 46.3 Å². The van der Waals surface area contributed by atoms with Crippen LogP contribution in [0.25, 0.3) is 0 Å². The Labute approximate surface area is 103 Å². The summed E-state index contributed by atoms with van der Waals surface area (Å²) in [5.41, 5.74) is 8.26. The van der Waals surface area contributed by atoms with Crippen molar-refractivity contribution in [3.8, 4) is 0 Å². The van der Waals surface area contributed by atoms with Crippen LogP contribution in [0.5, 0.6) is 0 Å². The molecule has 2 N–H and O–H groups in total. The van der Waals surface area contributed by atoms with E-state index in [1.807, 2.05) is 36.1 Å². The van der Waals surface area contributed by atoms with Gasteiger partial charge in [-0.15, -0.1) is 0 Å². The van der Waals surface area contributed by atoms with Crippen LogP contribution in [0.3, 0.4) is 0 Å². The van der Waals surface area contributed by atoms with Gasteiger partial charge in [0, 0.05) is 24.7 Å². The van der Waals surface area contributed by atoms with Crippen molar-refractivity contribution in [3.05, 3.63) is 29.8 Å². The molecular formula is C14H20N2O. The van der Waals surface area contributed by atoms with Crippen molar-refractivity contribution < 1.29 is 4.79 Å². The van der Waals surface area contributed by atoms with Crippen LogP contribution in [0.15, 0.2) is 24.3 Å². The van der Waals surface area contributed by atoms with Crippen LogP contribution in [0.2, 0.25) is 0 Å². The summed E-state index contributed by atoms with van der Waals surface area (Å²) < 4.78 is 0. The maximum absolute atomic E-state index is 12.1. The molecule has 92 valence electrons. The summed E-state index contributed by atoms with van der Waals surface area (Å²) in [6.07, 6.45) is 3.44. The summed E-state index contributed by atoms with van der Waals surface area (Å²) >= 11 is 0. The number of carbonyl (C=O) groups is 1. The zero-order valence-electron chi connectivity index (χ0n) is 10.4. The number of nitrogens with zero attached hydrogens (tertiary/aromatic N) is 1. The van der Waals surface area contributed by atoms with E-state index in [1.54, 1.807) is 0 Å². The zero-order valence-corrected chi connectivity index (χ0v) is 10.4. The van der Waals surface area contributed by atoms with Gasteiger partial charge >= 0.3 is 0 Å². The quantitative estimate of drug-likeness (QED) is 0.852. The molecule has 0 spiro atoms. The third-order valence-corrected chi connectivity index (χ3v) is 3.29. The lowest BCUT2D eigenvalue weighted by Gasteiger charge is -2.23. The Morgan fingerprint density at radius 1 is 1.47 bits per heavy atom. The minimum atomic E-state index is 0.0608. The predicted octanol–water partition coefficient (Wildman–Crippen LogP) is 2.61. The highest BCUT2D eigenvalue weighted by Crippen LogP contribution is 2.31. The molecule has 17 heavy (non-hydrogen) atoms. The minimum absolute atomic E-state index is 0.0608. The molecule has 0 aromatic heterocycles. The average molecular weight is 232 g/mol. The standard InChI is InChI=1S/C14H20N2O/c1-2-6-14(17)16-10-5-8-12(15)11-7-3-4-9-13(11)16/h3-4,7,9,12H,2,5-6,8,10,15H2,1H3. The smallest absolute Gasteiger partial charge is 0.226 e. The Morgan fingerprint density at radius 2 is 2.24 bits per heavy atom. The van der Waals surface area contributed by atoms with Crippen molar-refractivity contribution in [1.82, 2.24) is 0 Å². The molecule has 0 radical (unpaired) electrons. The molecule has 3 heteroatoms. The lowest BCUT2D eigenvalue weighted by molar-refractivity contribution is -0.118. The summed E-state index contributed by atoms with van der Waals surface area (Å²) in [5.74, 6) is 0.217. The largest absolute Gasteiger partial charge is 0.324 e. The van der Waals surface area contributed by atoms with Crippen molar-refractivity contribution in [2.75, 3.05) is 11.4 Å². The number of amides is 1. The van der Waals surface area contributed by atoms with Gasteiger partial charge in [-0.25, -0.2) is 0 Å². The second-order valence-corrected chi connectivity index (χ2v) is 4.60. The Hall–Kier alpha value is -1.35. The lowest BCUT2D eigenvalue weighted by atomic mass is 10.0. The molecule has 3 nitrogen and oxygen atoms in total. The minimum Gasteiger partial charge on any atom is -0.324 e. The maximum atomic E-state index is 12.1. The van der Waals surface area contributed by atoms with Crippen molar-refractivity contribution in [3.63, 3.8) is 0 Å². The van der Waals surface area contributed by atoms with Gasteiger partial charge in [0.05, 0.1) is 0 Å².